The van der Waals surface area contributed by atoms with E-state index in [9.17, 15) is 18.0 Å². The number of carbonyl (C=O) groups excluding carboxylic acids is 2. The second kappa shape index (κ2) is 8.59. The zero-order valence-corrected chi connectivity index (χ0v) is 18.2. The summed E-state index contributed by atoms with van der Waals surface area (Å²) in [7, 11) is -3.66. The van der Waals surface area contributed by atoms with Crippen molar-refractivity contribution in [2.24, 2.45) is 0 Å². The van der Waals surface area contributed by atoms with E-state index in [1.54, 1.807) is 13.0 Å². The molecular weight excluding hydrogens is 408 g/mol. The Morgan fingerprint density at radius 2 is 2.00 bits per heavy atom. The number of nitrogens with one attached hydrogen (secondary N) is 2. The molecule has 2 N–H and O–H groups in total. The molecule has 1 aliphatic heterocycles. The van der Waals surface area contributed by atoms with Crippen LogP contribution < -0.4 is 10.6 Å². The number of thioether (sulfide) groups is 1. The molecule has 2 aromatic rings. The van der Waals surface area contributed by atoms with Crippen LogP contribution in [0.1, 0.15) is 31.4 Å². The molecule has 3 rings (SSSR count). The van der Waals surface area contributed by atoms with Crippen LogP contribution in [-0.4, -0.2) is 31.2 Å². The summed E-state index contributed by atoms with van der Waals surface area (Å²) in [5.74, 6) is -0.794. The molecule has 8 heteroatoms. The number of sulfone groups is 1. The van der Waals surface area contributed by atoms with Crippen LogP contribution in [0, 0.1) is 6.92 Å². The zero-order valence-electron chi connectivity index (χ0n) is 16.6. The lowest BCUT2D eigenvalue weighted by molar-refractivity contribution is -0.116. The van der Waals surface area contributed by atoms with Gasteiger partial charge in [0.15, 0.2) is 9.84 Å². The summed E-state index contributed by atoms with van der Waals surface area (Å²) in [5, 5.41) is 5.37. The van der Waals surface area contributed by atoms with Gasteiger partial charge in [-0.25, -0.2) is 8.42 Å². The van der Waals surface area contributed by atoms with Crippen LogP contribution in [0.3, 0.4) is 0 Å². The average molecular weight is 433 g/mol. The molecule has 0 fully saturated rings. The average Bonchev–Trinajstić information content (AvgIpc) is 2.68. The summed E-state index contributed by atoms with van der Waals surface area (Å²) in [6.07, 6.45) is 0.627. The fourth-order valence-corrected chi connectivity index (χ4v) is 5.32. The number of carbonyl (C=O) groups is 2. The van der Waals surface area contributed by atoms with Gasteiger partial charge in [0.05, 0.1) is 21.6 Å². The number of benzene rings is 2. The number of fused-ring (bicyclic) bond motifs is 1. The van der Waals surface area contributed by atoms with Gasteiger partial charge >= 0.3 is 0 Å². The molecule has 1 aliphatic rings. The highest BCUT2D eigenvalue weighted by Crippen LogP contribution is 2.37. The Morgan fingerprint density at radius 1 is 1.24 bits per heavy atom. The second-order valence-electron chi connectivity index (χ2n) is 6.99. The molecule has 2 amide bonds. The molecule has 0 spiro atoms. The van der Waals surface area contributed by atoms with Gasteiger partial charge in [0.2, 0.25) is 11.8 Å². The first-order valence-electron chi connectivity index (χ1n) is 9.44. The van der Waals surface area contributed by atoms with Crippen molar-refractivity contribution in [3.8, 4) is 0 Å². The zero-order chi connectivity index (χ0) is 21.2. The third-order valence-corrected chi connectivity index (χ3v) is 7.73. The summed E-state index contributed by atoms with van der Waals surface area (Å²) in [6.45, 7) is 5.71. The van der Waals surface area contributed by atoms with Crippen molar-refractivity contribution < 1.29 is 18.0 Å². The number of amides is 2. The van der Waals surface area contributed by atoms with Crippen molar-refractivity contribution in [2.75, 3.05) is 16.4 Å². The quantitative estimate of drug-likeness (QED) is 0.724. The highest BCUT2D eigenvalue weighted by atomic mass is 32.2. The van der Waals surface area contributed by atoms with Crippen LogP contribution in [-0.2, 0) is 25.8 Å². The van der Waals surface area contributed by atoms with Gasteiger partial charge in [-0.1, -0.05) is 25.1 Å². The molecular formula is C21H24N2O4S2. The van der Waals surface area contributed by atoms with E-state index < -0.39 is 9.84 Å². The molecule has 0 bridgehead atoms. The van der Waals surface area contributed by atoms with Gasteiger partial charge in [0.25, 0.3) is 0 Å². The van der Waals surface area contributed by atoms with Crippen molar-refractivity contribution in [1.82, 2.24) is 0 Å². The minimum atomic E-state index is -3.66. The summed E-state index contributed by atoms with van der Waals surface area (Å²) in [5.41, 5.74) is 3.20. The Labute approximate surface area is 175 Å². The Kier molecular flexibility index (Phi) is 6.33. The normalized spacial score (nSPS) is 16.1. The minimum absolute atomic E-state index is 0.102. The number of hydrogen-bond acceptors (Lipinski definition) is 5. The first-order chi connectivity index (χ1) is 13.7. The lowest BCUT2D eigenvalue weighted by Gasteiger charge is -2.21. The Bertz CT molecular complexity index is 1060. The van der Waals surface area contributed by atoms with E-state index in [1.165, 1.54) is 23.9 Å². The van der Waals surface area contributed by atoms with Crippen molar-refractivity contribution in [2.45, 2.75) is 48.7 Å². The van der Waals surface area contributed by atoms with Crippen LogP contribution in [0.4, 0.5) is 11.4 Å². The predicted molar refractivity (Wildman–Crippen MR) is 116 cm³/mol. The van der Waals surface area contributed by atoms with Gasteiger partial charge < -0.3 is 10.6 Å². The maximum absolute atomic E-state index is 12.7. The predicted octanol–water partition coefficient (Wildman–Crippen LogP) is 3.79. The largest absolute Gasteiger partial charge is 0.326 e. The van der Waals surface area contributed by atoms with Gasteiger partial charge in [-0.05, 0) is 49.6 Å². The van der Waals surface area contributed by atoms with Crippen molar-refractivity contribution >= 4 is 44.8 Å². The van der Waals surface area contributed by atoms with Crippen LogP contribution in [0.2, 0.25) is 0 Å². The second-order valence-corrected chi connectivity index (χ2v) is 10.5. The lowest BCUT2D eigenvalue weighted by atomic mass is 10.1. The van der Waals surface area contributed by atoms with Crippen LogP contribution >= 0.6 is 11.8 Å². The molecule has 29 heavy (non-hydrogen) atoms. The maximum atomic E-state index is 12.7. The monoisotopic (exact) mass is 432 g/mol. The number of hydrogen-bond donors (Lipinski definition) is 2. The van der Waals surface area contributed by atoms with Crippen molar-refractivity contribution in [3.63, 3.8) is 0 Å². The minimum Gasteiger partial charge on any atom is -0.326 e. The van der Waals surface area contributed by atoms with E-state index in [0.29, 0.717) is 5.69 Å². The number of para-hydroxylation sites is 1. The van der Waals surface area contributed by atoms with Gasteiger partial charge in [-0.15, -0.1) is 11.8 Å². The van der Waals surface area contributed by atoms with Gasteiger partial charge in [0, 0.05) is 17.0 Å². The molecule has 154 valence electrons. The summed E-state index contributed by atoms with van der Waals surface area (Å²) < 4.78 is 25.4. The Hall–Kier alpha value is -2.32. The highest BCUT2D eigenvalue weighted by Gasteiger charge is 2.25. The number of rotatable bonds is 6. The lowest BCUT2D eigenvalue weighted by Crippen LogP contribution is -2.26. The van der Waals surface area contributed by atoms with Gasteiger partial charge in [-0.3, -0.25) is 9.59 Å². The van der Waals surface area contributed by atoms with E-state index in [0.717, 1.165) is 28.1 Å². The molecule has 6 nitrogen and oxygen atoms in total. The van der Waals surface area contributed by atoms with Crippen molar-refractivity contribution in [3.05, 3.63) is 47.5 Å². The molecule has 1 atom stereocenters. The van der Waals surface area contributed by atoms with Crippen LogP contribution in [0.5, 0.6) is 0 Å². The fraction of sp³-hybridized carbons (Fsp3) is 0.333. The summed E-state index contributed by atoms with van der Waals surface area (Å²) in [4.78, 5) is 25.2. The van der Waals surface area contributed by atoms with Gasteiger partial charge in [0.1, 0.15) is 0 Å². The Morgan fingerprint density at radius 3 is 2.72 bits per heavy atom. The SMILES string of the molecule is CCc1cccc(C)c1NC(=O)CCS(=O)(=O)c1ccc2c(c1)NC(=O)[C@H](C)S2. The van der Waals surface area contributed by atoms with E-state index in [1.807, 2.05) is 32.0 Å². The molecule has 0 saturated carbocycles. The first kappa shape index (κ1) is 21.4. The number of aryl methyl sites for hydroxylation is 2. The fourth-order valence-electron chi connectivity index (χ4n) is 3.13. The molecule has 2 aromatic carbocycles. The molecule has 0 saturated heterocycles. The van der Waals surface area contributed by atoms with E-state index in [4.69, 9.17) is 0 Å². The molecule has 0 unspecified atom stereocenters. The van der Waals surface area contributed by atoms with Crippen LogP contribution in [0.15, 0.2) is 46.2 Å². The molecule has 0 radical (unpaired) electrons. The van der Waals surface area contributed by atoms with E-state index >= 15 is 0 Å². The highest BCUT2D eigenvalue weighted by molar-refractivity contribution is 8.01. The third kappa shape index (κ3) is 4.82. The topological polar surface area (TPSA) is 92.3 Å². The standard InChI is InChI=1S/C21H24N2O4S2/c1-4-15-7-5-6-13(2)20(15)23-19(24)10-11-29(26,27)16-8-9-18-17(12-16)22-21(25)14(3)28-18/h5-9,12,14H,4,10-11H2,1-3H3,(H,22,25)(H,23,24)/t14-/m0/s1. The summed E-state index contributed by atoms with van der Waals surface area (Å²) in [6, 6.07) is 10.5. The molecule has 1 heterocycles. The van der Waals surface area contributed by atoms with Gasteiger partial charge in [-0.2, -0.15) is 0 Å². The smallest absolute Gasteiger partial charge is 0.237 e. The Balaban J connectivity index is 1.70. The molecule has 0 aromatic heterocycles. The molecule has 0 aliphatic carbocycles. The van der Waals surface area contributed by atoms with Crippen molar-refractivity contribution in [1.29, 1.82) is 0 Å². The third-order valence-electron chi connectivity index (χ3n) is 4.84. The number of anilines is 2. The summed E-state index contributed by atoms with van der Waals surface area (Å²) >= 11 is 1.39. The van der Waals surface area contributed by atoms with Crippen LogP contribution in [0.25, 0.3) is 0 Å². The first-order valence-corrected chi connectivity index (χ1v) is 12.0. The maximum Gasteiger partial charge on any atom is 0.237 e. The van der Waals surface area contributed by atoms with E-state index in [-0.39, 0.29) is 34.1 Å². The van der Waals surface area contributed by atoms with E-state index in [2.05, 4.69) is 10.6 Å².